The lowest BCUT2D eigenvalue weighted by Gasteiger charge is -2.14. The normalized spacial score (nSPS) is 14.1. The summed E-state index contributed by atoms with van der Waals surface area (Å²) >= 11 is 0. The Bertz CT molecular complexity index is 381. The summed E-state index contributed by atoms with van der Waals surface area (Å²) in [5.41, 5.74) is 0.467. The largest absolute Gasteiger partial charge is 0.387 e. The number of halogens is 1. The SMILES string of the molecule is CCC(C)C(=O)NCC(O)c1cccc(F)c1. The molecule has 1 rings (SSSR count). The quantitative estimate of drug-likeness (QED) is 0.826. The number of aliphatic hydroxyl groups is 1. The molecule has 3 nitrogen and oxygen atoms in total. The Balaban J connectivity index is 2.50. The second-order valence-corrected chi connectivity index (χ2v) is 4.13. The van der Waals surface area contributed by atoms with Crippen LogP contribution in [-0.2, 0) is 4.79 Å². The highest BCUT2D eigenvalue weighted by atomic mass is 19.1. The molecule has 1 aromatic carbocycles. The lowest BCUT2D eigenvalue weighted by Crippen LogP contribution is -2.32. The minimum absolute atomic E-state index is 0.0743. The van der Waals surface area contributed by atoms with E-state index in [9.17, 15) is 14.3 Å². The van der Waals surface area contributed by atoms with Gasteiger partial charge in [0.15, 0.2) is 0 Å². The first kappa shape index (κ1) is 13.6. The van der Waals surface area contributed by atoms with E-state index in [-0.39, 0.29) is 18.4 Å². The average Bonchev–Trinajstić information content (AvgIpc) is 2.34. The van der Waals surface area contributed by atoms with E-state index in [1.54, 1.807) is 6.07 Å². The maximum Gasteiger partial charge on any atom is 0.222 e. The topological polar surface area (TPSA) is 49.3 Å². The van der Waals surface area contributed by atoms with Crippen molar-refractivity contribution in [1.82, 2.24) is 5.32 Å². The molecule has 0 heterocycles. The Morgan fingerprint density at radius 1 is 1.53 bits per heavy atom. The van der Waals surface area contributed by atoms with Crippen LogP contribution in [0.25, 0.3) is 0 Å². The molecule has 1 amide bonds. The van der Waals surface area contributed by atoms with E-state index in [0.717, 1.165) is 6.42 Å². The molecule has 1 aromatic rings. The van der Waals surface area contributed by atoms with Crippen molar-refractivity contribution in [2.45, 2.75) is 26.4 Å². The third-order valence-corrected chi connectivity index (χ3v) is 2.76. The Kier molecular flexibility index (Phi) is 5.10. The molecule has 2 atom stereocenters. The summed E-state index contributed by atoms with van der Waals surface area (Å²) < 4.78 is 12.9. The van der Waals surface area contributed by atoms with Crippen molar-refractivity contribution in [3.63, 3.8) is 0 Å². The number of hydrogen-bond donors (Lipinski definition) is 2. The first-order valence-electron chi connectivity index (χ1n) is 5.75. The van der Waals surface area contributed by atoms with E-state index in [2.05, 4.69) is 5.32 Å². The summed E-state index contributed by atoms with van der Waals surface area (Å²) in [7, 11) is 0. The van der Waals surface area contributed by atoms with Gasteiger partial charge in [0.2, 0.25) is 5.91 Å². The van der Waals surface area contributed by atoms with E-state index in [1.165, 1.54) is 18.2 Å². The summed E-state index contributed by atoms with van der Waals surface area (Å²) in [4.78, 5) is 11.5. The molecule has 0 saturated carbocycles. The van der Waals surface area contributed by atoms with Crippen LogP contribution in [0.1, 0.15) is 31.9 Å². The van der Waals surface area contributed by atoms with Crippen LogP contribution in [0.15, 0.2) is 24.3 Å². The number of carbonyl (C=O) groups excluding carboxylic acids is 1. The van der Waals surface area contributed by atoms with E-state index in [0.29, 0.717) is 5.56 Å². The van der Waals surface area contributed by atoms with Crippen LogP contribution in [0, 0.1) is 11.7 Å². The van der Waals surface area contributed by atoms with Gasteiger partial charge in [-0.15, -0.1) is 0 Å². The number of hydrogen-bond acceptors (Lipinski definition) is 2. The second kappa shape index (κ2) is 6.35. The van der Waals surface area contributed by atoms with Gasteiger partial charge in [0.05, 0.1) is 6.10 Å². The van der Waals surface area contributed by atoms with Crippen LogP contribution in [0.5, 0.6) is 0 Å². The van der Waals surface area contributed by atoms with Crippen molar-refractivity contribution in [2.75, 3.05) is 6.54 Å². The summed E-state index contributed by atoms with van der Waals surface area (Å²) in [6, 6.07) is 5.74. The lowest BCUT2D eigenvalue weighted by molar-refractivity contribution is -0.125. The van der Waals surface area contributed by atoms with Crippen LogP contribution in [0.3, 0.4) is 0 Å². The van der Waals surface area contributed by atoms with Gasteiger partial charge in [-0.1, -0.05) is 26.0 Å². The van der Waals surface area contributed by atoms with Crippen molar-refractivity contribution in [3.8, 4) is 0 Å². The highest BCUT2D eigenvalue weighted by Gasteiger charge is 2.13. The number of nitrogens with one attached hydrogen (secondary N) is 1. The van der Waals surface area contributed by atoms with Gasteiger partial charge in [-0.05, 0) is 24.1 Å². The molecule has 4 heteroatoms. The van der Waals surface area contributed by atoms with Crippen LogP contribution in [-0.4, -0.2) is 17.6 Å². The van der Waals surface area contributed by atoms with Crippen molar-refractivity contribution in [2.24, 2.45) is 5.92 Å². The number of rotatable bonds is 5. The monoisotopic (exact) mass is 239 g/mol. The fourth-order valence-electron chi connectivity index (χ4n) is 1.39. The molecule has 17 heavy (non-hydrogen) atoms. The molecule has 0 spiro atoms. The Labute approximate surface area is 101 Å². The fraction of sp³-hybridized carbons (Fsp3) is 0.462. The first-order chi connectivity index (χ1) is 8.04. The Hall–Kier alpha value is -1.42. The molecule has 2 N–H and O–H groups in total. The van der Waals surface area contributed by atoms with Crippen molar-refractivity contribution in [3.05, 3.63) is 35.6 Å². The molecule has 0 aliphatic heterocycles. The number of benzene rings is 1. The van der Waals surface area contributed by atoms with Crippen molar-refractivity contribution < 1.29 is 14.3 Å². The maximum absolute atomic E-state index is 12.9. The first-order valence-corrected chi connectivity index (χ1v) is 5.75. The Morgan fingerprint density at radius 3 is 2.82 bits per heavy atom. The van der Waals surface area contributed by atoms with Crippen molar-refractivity contribution in [1.29, 1.82) is 0 Å². The second-order valence-electron chi connectivity index (χ2n) is 4.13. The van der Waals surface area contributed by atoms with Gasteiger partial charge in [0.25, 0.3) is 0 Å². The number of carbonyl (C=O) groups is 1. The van der Waals surface area contributed by atoms with Gasteiger partial charge in [-0.25, -0.2) is 4.39 Å². The van der Waals surface area contributed by atoms with Gasteiger partial charge < -0.3 is 10.4 Å². The van der Waals surface area contributed by atoms with Crippen LogP contribution in [0.4, 0.5) is 4.39 Å². The fourth-order valence-corrected chi connectivity index (χ4v) is 1.39. The zero-order valence-corrected chi connectivity index (χ0v) is 10.1. The molecule has 2 unspecified atom stereocenters. The van der Waals surface area contributed by atoms with Crippen molar-refractivity contribution >= 4 is 5.91 Å². The molecule has 0 fully saturated rings. The molecular formula is C13H18FNO2. The minimum Gasteiger partial charge on any atom is -0.387 e. The smallest absolute Gasteiger partial charge is 0.222 e. The van der Waals surface area contributed by atoms with Gasteiger partial charge in [0, 0.05) is 12.5 Å². The van der Waals surface area contributed by atoms with Crippen LogP contribution in [0.2, 0.25) is 0 Å². The molecule has 0 aliphatic carbocycles. The average molecular weight is 239 g/mol. The third-order valence-electron chi connectivity index (χ3n) is 2.76. The van der Waals surface area contributed by atoms with Crippen LogP contribution >= 0.6 is 0 Å². The summed E-state index contributed by atoms with van der Waals surface area (Å²) in [5, 5.41) is 12.4. The Morgan fingerprint density at radius 2 is 2.24 bits per heavy atom. The minimum atomic E-state index is -0.876. The molecule has 94 valence electrons. The van der Waals surface area contributed by atoms with Gasteiger partial charge in [-0.2, -0.15) is 0 Å². The molecule has 0 aromatic heterocycles. The van der Waals surface area contributed by atoms with Crippen LogP contribution < -0.4 is 5.32 Å². The highest BCUT2D eigenvalue weighted by Crippen LogP contribution is 2.13. The number of amides is 1. The summed E-state index contributed by atoms with van der Waals surface area (Å²) in [6.07, 6.45) is -0.124. The van der Waals surface area contributed by atoms with E-state index >= 15 is 0 Å². The molecule has 0 radical (unpaired) electrons. The predicted molar refractivity (Wildman–Crippen MR) is 63.8 cm³/mol. The van der Waals surface area contributed by atoms with Gasteiger partial charge in [-0.3, -0.25) is 4.79 Å². The zero-order chi connectivity index (χ0) is 12.8. The molecule has 0 aliphatic rings. The standard InChI is InChI=1S/C13H18FNO2/c1-3-9(2)13(17)15-8-12(16)10-5-4-6-11(14)7-10/h4-7,9,12,16H,3,8H2,1-2H3,(H,15,17). The predicted octanol–water partition coefficient (Wildman–Crippen LogP) is 2.02. The van der Waals surface area contributed by atoms with E-state index < -0.39 is 11.9 Å². The third kappa shape index (κ3) is 4.15. The summed E-state index contributed by atoms with van der Waals surface area (Å²) in [6.45, 7) is 3.85. The molecule has 0 bridgehead atoms. The molecule has 0 saturated heterocycles. The molecular weight excluding hydrogens is 221 g/mol. The zero-order valence-electron chi connectivity index (χ0n) is 10.1. The van der Waals surface area contributed by atoms with Gasteiger partial charge in [0.1, 0.15) is 5.82 Å². The number of aliphatic hydroxyl groups excluding tert-OH is 1. The summed E-state index contributed by atoms with van der Waals surface area (Å²) in [5.74, 6) is -0.563. The lowest BCUT2D eigenvalue weighted by atomic mass is 10.1. The van der Waals surface area contributed by atoms with E-state index in [1.807, 2.05) is 13.8 Å². The highest BCUT2D eigenvalue weighted by molar-refractivity contribution is 5.78. The maximum atomic E-state index is 12.9. The van der Waals surface area contributed by atoms with Gasteiger partial charge >= 0.3 is 0 Å². The van der Waals surface area contributed by atoms with E-state index in [4.69, 9.17) is 0 Å².